The average molecular weight is 237 g/mol. The number of likely N-dealkylation sites (N-methyl/N-ethyl adjacent to an activating group) is 1. The van der Waals surface area contributed by atoms with Gasteiger partial charge in [0.2, 0.25) is 0 Å². The molecule has 0 N–H and O–H groups in total. The van der Waals surface area contributed by atoms with Crippen LogP contribution < -0.4 is 0 Å². The summed E-state index contributed by atoms with van der Waals surface area (Å²) >= 11 is 0. The van der Waals surface area contributed by atoms with Crippen LogP contribution in [-0.2, 0) is 20.8 Å². The van der Waals surface area contributed by atoms with Gasteiger partial charge in [0.15, 0.2) is 0 Å². The molecule has 0 aliphatic rings. The molecule has 0 spiro atoms. The zero-order valence-corrected chi connectivity index (χ0v) is 10.6. The van der Waals surface area contributed by atoms with Crippen LogP contribution in [0.1, 0.15) is 12.0 Å². The van der Waals surface area contributed by atoms with Crippen LogP contribution in [0.25, 0.3) is 0 Å². The van der Waals surface area contributed by atoms with Gasteiger partial charge in [-0.25, -0.2) is 5.06 Å². The Hall–Kier alpha value is -1.39. The lowest BCUT2D eigenvalue weighted by Gasteiger charge is -2.20. The van der Waals surface area contributed by atoms with E-state index >= 15 is 0 Å². The zero-order valence-electron chi connectivity index (χ0n) is 10.6. The largest absolute Gasteiger partial charge is 0.372 e. The molecule has 1 atom stereocenters. The van der Waals surface area contributed by atoms with Crippen molar-refractivity contribution in [2.24, 2.45) is 0 Å². The Labute approximate surface area is 102 Å². The van der Waals surface area contributed by atoms with Crippen molar-refractivity contribution in [1.82, 2.24) is 5.06 Å². The maximum atomic E-state index is 11.8. The fourth-order valence-corrected chi connectivity index (χ4v) is 1.58. The van der Waals surface area contributed by atoms with Crippen LogP contribution in [-0.4, -0.2) is 38.3 Å². The van der Waals surface area contributed by atoms with Crippen molar-refractivity contribution in [1.29, 1.82) is 0 Å². The number of nitrogens with zero attached hydrogens (tertiary/aromatic N) is 1. The standard InChI is InChI=1S/C13H19NO3/c1-14(17-3)13(15)12(16-2)10-9-11-7-5-4-6-8-11/h4-8,12H,9-10H2,1-3H3. The van der Waals surface area contributed by atoms with Gasteiger partial charge in [0.05, 0.1) is 7.11 Å². The molecule has 1 amide bonds. The lowest BCUT2D eigenvalue weighted by molar-refractivity contribution is -0.179. The van der Waals surface area contributed by atoms with Gasteiger partial charge in [0, 0.05) is 14.2 Å². The Kier molecular flexibility index (Phi) is 5.66. The fraction of sp³-hybridized carbons (Fsp3) is 0.462. The summed E-state index contributed by atoms with van der Waals surface area (Å²) < 4.78 is 5.19. The smallest absolute Gasteiger partial charge is 0.274 e. The van der Waals surface area contributed by atoms with Crippen molar-refractivity contribution in [2.75, 3.05) is 21.3 Å². The van der Waals surface area contributed by atoms with Gasteiger partial charge in [0.1, 0.15) is 6.10 Å². The SMILES string of the molecule is COC(CCc1ccccc1)C(=O)N(C)OC. The number of hydrogen-bond donors (Lipinski definition) is 0. The number of amides is 1. The fourth-order valence-electron chi connectivity index (χ4n) is 1.58. The van der Waals surface area contributed by atoms with E-state index in [2.05, 4.69) is 0 Å². The molecule has 0 fully saturated rings. The Balaban J connectivity index is 2.50. The van der Waals surface area contributed by atoms with Crippen LogP contribution in [0.2, 0.25) is 0 Å². The summed E-state index contributed by atoms with van der Waals surface area (Å²) in [5.41, 5.74) is 1.20. The van der Waals surface area contributed by atoms with E-state index in [0.717, 1.165) is 6.42 Å². The molecule has 1 aromatic rings. The summed E-state index contributed by atoms with van der Waals surface area (Å²) in [6, 6.07) is 10.0. The molecular weight excluding hydrogens is 218 g/mol. The number of ether oxygens (including phenoxy) is 1. The van der Waals surface area contributed by atoms with Gasteiger partial charge >= 0.3 is 0 Å². The van der Waals surface area contributed by atoms with Gasteiger partial charge in [-0.3, -0.25) is 9.63 Å². The van der Waals surface area contributed by atoms with Gasteiger partial charge in [0.25, 0.3) is 5.91 Å². The first-order valence-corrected chi connectivity index (χ1v) is 5.57. The predicted octanol–water partition coefficient (Wildman–Crippen LogP) is 1.65. The van der Waals surface area contributed by atoms with Gasteiger partial charge in [-0.05, 0) is 18.4 Å². The maximum Gasteiger partial charge on any atom is 0.274 e. The van der Waals surface area contributed by atoms with Crippen LogP contribution in [0.5, 0.6) is 0 Å². The van der Waals surface area contributed by atoms with E-state index in [-0.39, 0.29) is 5.91 Å². The molecule has 0 aromatic heterocycles. The number of methoxy groups -OCH3 is 1. The monoisotopic (exact) mass is 237 g/mol. The van der Waals surface area contributed by atoms with Gasteiger partial charge in [-0.15, -0.1) is 0 Å². The first kappa shape index (κ1) is 13.7. The van der Waals surface area contributed by atoms with E-state index in [9.17, 15) is 4.79 Å². The summed E-state index contributed by atoms with van der Waals surface area (Å²) in [4.78, 5) is 16.7. The highest BCUT2D eigenvalue weighted by Crippen LogP contribution is 2.09. The molecule has 1 rings (SSSR count). The number of rotatable bonds is 6. The minimum Gasteiger partial charge on any atom is -0.372 e. The third-order valence-corrected chi connectivity index (χ3v) is 2.68. The van der Waals surface area contributed by atoms with Crippen molar-refractivity contribution in [3.8, 4) is 0 Å². The van der Waals surface area contributed by atoms with E-state index in [1.807, 2.05) is 30.3 Å². The Morgan fingerprint density at radius 3 is 2.47 bits per heavy atom. The summed E-state index contributed by atoms with van der Waals surface area (Å²) in [6.45, 7) is 0. The number of hydrogen-bond acceptors (Lipinski definition) is 3. The quantitative estimate of drug-likeness (QED) is 0.706. The molecule has 0 saturated heterocycles. The van der Waals surface area contributed by atoms with Crippen LogP contribution >= 0.6 is 0 Å². The molecule has 0 bridgehead atoms. The van der Waals surface area contributed by atoms with Gasteiger partial charge in [-0.1, -0.05) is 30.3 Å². The molecule has 0 saturated carbocycles. The molecule has 1 aromatic carbocycles. The highest BCUT2D eigenvalue weighted by atomic mass is 16.7. The van der Waals surface area contributed by atoms with Crippen molar-refractivity contribution in [3.63, 3.8) is 0 Å². The summed E-state index contributed by atoms with van der Waals surface area (Å²) in [6.07, 6.45) is 0.996. The second-order valence-electron chi connectivity index (χ2n) is 3.77. The summed E-state index contributed by atoms with van der Waals surface area (Å²) in [5.74, 6) is -0.161. The molecule has 0 aliphatic carbocycles. The second-order valence-corrected chi connectivity index (χ2v) is 3.77. The van der Waals surface area contributed by atoms with Crippen LogP contribution in [0.3, 0.4) is 0 Å². The number of benzene rings is 1. The molecule has 0 radical (unpaired) electrons. The Bertz CT molecular complexity index is 340. The molecule has 17 heavy (non-hydrogen) atoms. The van der Waals surface area contributed by atoms with Crippen molar-refractivity contribution >= 4 is 5.91 Å². The summed E-state index contributed by atoms with van der Waals surface area (Å²) in [7, 11) is 4.58. The van der Waals surface area contributed by atoms with Crippen LogP contribution in [0.15, 0.2) is 30.3 Å². The molecule has 0 aliphatic heterocycles. The number of carbonyl (C=O) groups is 1. The maximum absolute atomic E-state index is 11.8. The topological polar surface area (TPSA) is 38.8 Å². The highest BCUT2D eigenvalue weighted by Gasteiger charge is 2.21. The molecular formula is C13H19NO3. The second kappa shape index (κ2) is 7.04. The van der Waals surface area contributed by atoms with Gasteiger partial charge < -0.3 is 4.74 Å². The first-order valence-electron chi connectivity index (χ1n) is 5.57. The van der Waals surface area contributed by atoms with Crippen molar-refractivity contribution in [3.05, 3.63) is 35.9 Å². The lowest BCUT2D eigenvalue weighted by atomic mass is 10.1. The number of hydroxylamine groups is 2. The van der Waals surface area contributed by atoms with Crippen molar-refractivity contribution < 1.29 is 14.4 Å². The minimum atomic E-state index is -0.458. The number of carbonyl (C=O) groups excluding carboxylic acids is 1. The van der Waals surface area contributed by atoms with E-state index in [1.165, 1.54) is 24.8 Å². The van der Waals surface area contributed by atoms with E-state index in [1.54, 1.807) is 7.05 Å². The number of aryl methyl sites for hydroxylation is 1. The summed E-state index contributed by atoms with van der Waals surface area (Å²) in [5, 5.41) is 1.19. The van der Waals surface area contributed by atoms with E-state index in [4.69, 9.17) is 9.57 Å². The molecule has 4 heteroatoms. The molecule has 4 nitrogen and oxygen atoms in total. The predicted molar refractivity (Wildman–Crippen MR) is 65.3 cm³/mol. The Morgan fingerprint density at radius 2 is 1.94 bits per heavy atom. The lowest BCUT2D eigenvalue weighted by Crippen LogP contribution is -2.37. The first-order chi connectivity index (χ1) is 8.19. The Morgan fingerprint density at radius 1 is 1.29 bits per heavy atom. The average Bonchev–Trinajstić information content (AvgIpc) is 2.39. The molecule has 0 heterocycles. The van der Waals surface area contributed by atoms with Crippen LogP contribution in [0.4, 0.5) is 0 Å². The third-order valence-electron chi connectivity index (χ3n) is 2.68. The van der Waals surface area contributed by atoms with E-state index in [0.29, 0.717) is 6.42 Å². The minimum absolute atomic E-state index is 0.161. The van der Waals surface area contributed by atoms with E-state index < -0.39 is 6.10 Å². The van der Waals surface area contributed by atoms with Gasteiger partial charge in [-0.2, -0.15) is 0 Å². The van der Waals surface area contributed by atoms with Crippen molar-refractivity contribution in [2.45, 2.75) is 18.9 Å². The zero-order chi connectivity index (χ0) is 12.7. The normalized spacial score (nSPS) is 12.2. The molecule has 94 valence electrons. The van der Waals surface area contributed by atoms with Crippen LogP contribution in [0, 0.1) is 0 Å². The third kappa shape index (κ3) is 4.17. The highest BCUT2D eigenvalue weighted by molar-refractivity contribution is 5.79. The molecule has 1 unspecified atom stereocenters.